The third-order valence-corrected chi connectivity index (χ3v) is 7.18. The molecule has 0 saturated carbocycles. The van der Waals surface area contributed by atoms with Gasteiger partial charge in [0.15, 0.2) is 0 Å². The van der Waals surface area contributed by atoms with E-state index in [0.717, 1.165) is 31.5 Å². The van der Waals surface area contributed by atoms with Gasteiger partial charge in [-0.3, -0.25) is 9.59 Å². The molecule has 0 aromatic heterocycles. The van der Waals surface area contributed by atoms with Gasteiger partial charge in [-0.1, -0.05) is 31.2 Å². The predicted molar refractivity (Wildman–Crippen MR) is 134 cm³/mol. The van der Waals surface area contributed by atoms with Crippen LogP contribution < -0.4 is 0 Å². The highest BCUT2D eigenvalue weighted by atomic mass is 19.1. The molecule has 2 aromatic carbocycles. The van der Waals surface area contributed by atoms with E-state index in [1.807, 2.05) is 23.1 Å². The quantitative estimate of drug-likeness (QED) is 0.529. The molecule has 0 spiro atoms. The molecular formula is C29H33FN2O4. The SMILES string of the molecule is CCOC(=O)C1=C(C)N(Cc2cccc(C(=O)N3CCC(C)CC3)c2)C(=O)CC1c1ccc(F)cc1. The van der Waals surface area contributed by atoms with Crippen LogP contribution >= 0.6 is 0 Å². The number of allylic oxidation sites excluding steroid dienone is 1. The molecule has 0 bridgehead atoms. The topological polar surface area (TPSA) is 66.9 Å². The summed E-state index contributed by atoms with van der Waals surface area (Å²) >= 11 is 0. The zero-order valence-electron chi connectivity index (χ0n) is 21.1. The summed E-state index contributed by atoms with van der Waals surface area (Å²) in [7, 11) is 0. The van der Waals surface area contributed by atoms with Crippen LogP contribution in [0.2, 0.25) is 0 Å². The molecule has 2 aliphatic heterocycles. The summed E-state index contributed by atoms with van der Waals surface area (Å²) in [4.78, 5) is 42.8. The molecule has 36 heavy (non-hydrogen) atoms. The summed E-state index contributed by atoms with van der Waals surface area (Å²) in [5, 5.41) is 0. The van der Waals surface area contributed by atoms with Gasteiger partial charge in [-0.25, -0.2) is 9.18 Å². The maximum absolute atomic E-state index is 13.5. The fourth-order valence-electron chi connectivity index (χ4n) is 5.04. The Bertz CT molecular complexity index is 1170. The van der Waals surface area contributed by atoms with Crippen molar-refractivity contribution in [1.82, 2.24) is 9.80 Å². The molecule has 0 radical (unpaired) electrons. The third kappa shape index (κ3) is 5.50. The molecule has 2 aliphatic rings. The Morgan fingerprint density at radius 2 is 1.78 bits per heavy atom. The Kier molecular flexibility index (Phi) is 7.87. The number of hydrogen-bond donors (Lipinski definition) is 0. The lowest BCUT2D eigenvalue weighted by molar-refractivity contribution is -0.140. The average molecular weight is 493 g/mol. The van der Waals surface area contributed by atoms with E-state index in [9.17, 15) is 18.8 Å². The van der Waals surface area contributed by atoms with Crippen LogP contribution in [0, 0.1) is 11.7 Å². The number of benzene rings is 2. The van der Waals surface area contributed by atoms with Gasteiger partial charge in [0.1, 0.15) is 5.82 Å². The van der Waals surface area contributed by atoms with Crippen molar-refractivity contribution in [2.45, 2.75) is 52.5 Å². The van der Waals surface area contributed by atoms with E-state index in [1.165, 1.54) is 12.1 Å². The molecule has 4 rings (SSSR count). The molecule has 1 unspecified atom stereocenters. The molecule has 0 N–H and O–H groups in total. The van der Waals surface area contributed by atoms with Crippen LogP contribution in [-0.2, 0) is 20.9 Å². The van der Waals surface area contributed by atoms with Crippen molar-refractivity contribution < 1.29 is 23.5 Å². The minimum atomic E-state index is -0.511. The number of likely N-dealkylation sites (tertiary alicyclic amines) is 1. The van der Waals surface area contributed by atoms with Gasteiger partial charge in [0.2, 0.25) is 5.91 Å². The van der Waals surface area contributed by atoms with E-state index < -0.39 is 11.9 Å². The Morgan fingerprint density at radius 1 is 1.08 bits per heavy atom. The average Bonchev–Trinajstić information content (AvgIpc) is 2.87. The van der Waals surface area contributed by atoms with Crippen LogP contribution in [0.25, 0.3) is 0 Å². The minimum absolute atomic E-state index is 0.00423. The van der Waals surface area contributed by atoms with Gasteiger partial charge in [0.25, 0.3) is 5.91 Å². The smallest absolute Gasteiger partial charge is 0.336 e. The molecule has 2 amide bonds. The van der Waals surface area contributed by atoms with Crippen molar-refractivity contribution in [1.29, 1.82) is 0 Å². The zero-order valence-corrected chi connectivity index (χ0v) is 21.1. The van der Waals surface area contributed by atoms with Crippen LogP contribution in [-0.4, -0.2) is 47.3 Å². The van der Waals surface area contributed by atoms with Crippen LogP contribution in [0.3, 0.4) is 0 Å². The normalized spacial score (nSPS) is 19.0. The summed E-state index contributed by atoms with van der Waals surface area (Å²) in [6, 6.07) is 13.2. The lowest BCUT2D eigenvalue weighted by Crippen LogP contribution is -2.38. The van der Waals surface area contributed by atoms with Crippen molar-refractivity contribution in [2.24, 2.45) is 5.92 Å². The number of nitrogens with zero attached hydrogens (tertiary/aromatic N) is 2. The number of amides is 2. The summed E-state index contributed by atoms with van der Waals surface area (Å²) in [6.45, 7) is 7.64. The largest absolute Gasteiger partial charge is 0.463 e. The number of carbonyl (C=O) groups is 3. The Hall–Kier alpha value is -3.48. The molecule has 1 fully saturated rings. The first-order chi connectivity index (χ1) is 17.3. The van der Waals surface area contributed by atoms with E-state index >= 15 is 0 Å². The van der Waals surface area contributed by atoms with Gasteiger partial charge < -0.3 is 14.5 Å². The van der Waals surface area contributed by atoms with Gasteiger partial charge in [-0.2, -0.15) is 0 Å². The Morgan fingerprint density at radius 3 is 2.44 bits per heavy atom. The van der Waals surface area contributed by atoms with E-state index in [0.29, 0.717) is 28.3 Å². The fraction of sp³-hybridized carbons (Fsp3) is 0.414. The van der Waals surface area contributed by atoms with Gasteiger partial charge in [-0.05, 0) is 68.0 Å². The summed E-state index contributed by atoms with van der Waals surface area (Å²) in [5.74, 6) is -0.879. The second-order valence-electron chi connectivity index (χ2n) is 9.68. The standard InChI is InChI=1S/C29H33FN2O4/c1-4-36-29(35)27-20(3)32(26(33)17-25(27)22-8-10-24(30)11-9-22)18-21-6-5-7-23(16-21)28(34)31-14-12-19(2)13-15-31/h5-11,16,19,25H,4,12-15,17-18H2,1-3H3. The molecule has 1 saturated heterocycles. The molecule has 190 valence electrons. The highest BCUT2D eigenvalue weighted by Crippen LogP contribution is 2.38. The second-order valence-corrected chi connectivity index (χ2v) is 9.68. The molecule has 2 aromatic rings. The van der Waals surface area contributed by atoms with Crippen LogP contribution in [0.5, 0.6) is 0 Å². The zero-order chi connectivity index (χ0) is 25.8. The van der Waals surface area contributed by atoms with Crippen molar-refractivity contribution in [3.8, 4) is 0 Å². The first kappa shape index (κ1) is 25.6. The van der Waals surface area contributed by atoms with Gasteiger partial charge in [0, 0.05) is 36.7 Å². The van der Waals surface area contributed by atoms with Gasteiger partial charge in [-0.15, -0.1) is 0 Å². The van der Waals surface area contributed by atoms with Crippen LogP contribution in [0.4, 0.5) is 4.39 Å². The number of piperidine rings is 1. The first-order valence-corrected chi connectivity index (χ1v) is 12.6. The van der Waals surface area contributed by atoms with E-state index in [4.69, 9.17) is 4.74 Å². The number of esters is 1. The lowest BCUT2D eigenvalue weighted by Gasteiger charge is -2.34. The maximum atomic E-state index is 13.5. The lowest BCUT2D eigenvalue weighted by atomic mass is 9.83. The highest BCUT2D eigenvalue weighted by Gasteiger charge is 2.37. The molecule has 1 atom stereocenters. The first-order valence-electron chi connectivity index (χ1n) is 12.6. The molecule has 0 aliphatic carbocycles. The summed E-state index contributed by atoms with van der Waals surface area (Å²) in [6.07, 6.45) is 2.08. The van der Waals surface area contributed by atoms with E-state index in [-0.39, 0.29) is 37.2 Å². The molecular weight excluding hydrogens is 459 g/mol. The number of hydrogen-bond acceptors (Lipinski definition) is 4. The third-order valence-electron chi connectivity index (χ3n) is 7.18. The van der Waals surface area contributed by atoms with Crippen molar-refractivity contribution in [3.05, 3.63) is 82.3 Å². The van der Waals surface area contributed by atoms with Crippen LogP contribution in [0.15, 0.2) is 59.8 Å². The molecule has 2 heterocycles. The monoisotopic (exact) mass is 492 g/mol. The second kappa shape index (κ2) is 11.1. The maximum Gasteiger partial charge on any atom is 0.336 e. The van der Waals surface area contributed by atoms with Gasteiger partial charge >= 0.3 is 5.97 Å². The van der Waals surface area contributed by atoms with E-state index in [2.05, 4.69) is 6.92 Å². The van der Waals surface area contributed by atoms with E-state index in [1.54, 1.807) is 36.9 Å². The number of rotatable bonds is 6. The Balaban J connectivity index is 1.61. The van der Waals surface area contributed by atoms with Gasteiger partial charge in [0.05, 0.1) is 18.7 Å². The summed E-state index contributed by atoms with van der Waals surface area (Å²) in [5.41, 5.74) is 3.01. The number of ether oxygens (including phenoxy) is 1. The fourth-order valence-corrected chi connectivity index (χ4v) is 5.04. The van der Waals surface area contributed by atoms with Crippen molar-refractivity contribution in [3.63, 3.8) is 0 Å². The molecule has 7 heteroatoms. The predicted octanol–water partition coefficient (Wildman–Crippen LogP) is 5.05. The Labute approximate surface area is 211 Å². The van der Waals surface area contributed by atoms with Crippen molar-refractivity contribution in [2.75, 3.05) is 19.7 Å². The summed E-state index contributed by atoms with van der Waals surface area (Å²) < 4.78 is 18.8. The number of carbonyl (C=O) groups excluding carboxylic acids is 3. The van der Waals surface area contributed by atoms with Crippen molar-refractivity contribution >= 4 is 17.8 Å². The minimum Gasteiger partial charge on any atom is -0.463 e. The van der Waals surface area contributed by atoms with Crippen LogP contribution in [0.1, 0.15) is 67.4 Å². The molecule has 6 nitrogen and oxygen atoms in total. The number of halogens is 1. The highest BCUT2D eigenvalue weighted by molar-refractivity contribution is 5.96.